The lowest BCUT2D eigenvalue weighted by atomic mass is 9.97. The molecule has 1 fully saturated rings. The highest BCUT2D eigenvalue weighted by molar-refractivity contribution is 5.28. The van der Waals surface area contributed by atoms with Crippen molar-refractivity contribution < 1.29 is 17.9 Å². The van der Waals surface area contributed by atoms with Crippen molar-refractivity contribution in [2.45, 2.75) is 44.0 Å². The summed E-state index contributed by atoms with van der Waals surface area (Å²) in [6, 6.07) is 5.48. The van der Waals surface area contributed by atoms with Crippen molar-refractivity contribution in [3.8, 4) is 0 Å². The zero-order valence-electron chi connectivity index (χ0n) is 11.5. The Morgan fingerprint density at radius 1 is 1.40 bits per heavy atom. The van der Waals surface area contributed by atoms with Gasteiger partial charge in [0.15, 0.2) is 0 Å². The van der Waals surface area contributed by atoms with Crippen molar-refractivity contribution >= 4 is 0 Å². The summed E-state index contributed by atoms with van der Waals surface area (Å²) in [6.45, 7) is 0.804. The number of nitrogens with one attached hydrogen (secondary N) is 1. The van der Waals surface area contributed by atoms with Gasteiger partial charge in [-0.3, -0.25) is 0 Å². The van der Waals surface area contributed by atoms with Crippen LogP contribution in [0.25, 0.3) is 0 Å². The van der Waals surface area contributed by atoms with E-state index in [1.807, 2.05) is 0 Å². The van der Waals surface area contributed by atoms with Crippen molar-refractivity contribution in [1.82, 2.24) is 5.32 Å². The molecule has 2 atom stereocenters. The van der Waals surface area contributed by atoms with E-state index in [1.165, 1.54) is 12.1 Å². The molecule has 1 aliphatic heterocycles. The first-order valence-corrected chi connectivity index (χ1v) is 6.96. The van der Waals surface area contributed by atoms with Crippen molar-refractivity contribution in [2.24, 2.45) is 0 Å². The number of ether oxygens (including phenoxy) is 1. The van der Waals surface area contributed by atoms with Gasteiger partial charge in [-0.05, 0) is 50.4 Å². The van der Waals surface area contributed by atoms with Crippen molar-refractivity contribution in [2.75, 3.05) is 13.7 Å². The molecular formula is C15H20F3NO. The molecule has 1 aliphatic rings. The molecule has 2 rings (SSSR count). The Kier molecular flexibility index (Phi) is 5.05. The van der Waals surface area contributed by atoms with Gasteiger partial charge in [0, 0.05) is 12.6 Å². The largest absolute Gasteiger partial charge is 0.416 e. The molecule has 5 heteroatoms. The van der Waals surface area contributed by atoms with Crippen LogP contribution < -0.4 is 5.32 Å². The first-order chi connectivity index (χ1) is 9.50. The highest BCUT2D eigenvalue weighted by Gasteiger charge is 2.31. The van der Waals surface area contributed by atoms with Crippen LogP contribution in [0, 0.1) is 0 Å². The summed E-state index contributed by atoms with van der Waals surface area (Å²) in [7, 11) is 1.78. The van der Waals surface area contributed by atoms with E-state index in [2.05, 4.69) is 5.32 Å². The van der Waals surface area contributed by atoms with Gasteiger partial charge in [0.1, 0.15) is 0 Å². The molecule has 20 heavy (non-hydrogen) atoms. The van der Waals surface area contributed by atoms with E-state index >= 15 is 0 Å². The van der Waals surface area contributed by atoms with Gasteiger partial charge in [-0.25, -0.2) is 0 Å². The van der Waals surface area contributed by atoms with Crippen LogP contribution in [-0.2, 0) is 10.9 Å². The lowest BCUT2D eigenvalue weighted by Crippen LogP contribution is -2.19. The van der Waals surface area contributed by atoms with E-state index in [0.717, 1.165) is 38.4 Å². The van der Waals surface area contributed by atoms with Gasteiger partial charge in [0.2, 0.25) is 0 Å². The van der Waals surface area contributed by atoms with Gasteiger partial charge in [-0.15, -0.1) is 0 Å². The third-order valence-corrected chi connectivity index (χ3v) is 3.77. The van der Waals surface area contributed by atoms with Crippen LogP contribution in [0.4, 0.5) is 13.2 Å². The second-order valence-electron chi connectivity index (χ2n) is 5.18. The monoisotopic (exact) mass is 287 g/mol. The molecule has 0 amide bonds. The topological polar surface area (TPSA) is 21.3 Å². The summed E-state index contributed by atoms with van der Waals surface area (Å²) < 4.78 is 43.7. The van der Waals surface area contributed by atoms with Crippen LogP contribution in [0.5, 0.6) is 0 Å². The summed E-state index contributed by atoms with van der Waals surface area (Å²) in [6.07, 6.45) is -0.235. The number of hydrogen-bond donors (Lipinski definition) is 1. The van der Waals surface area contributed by atoms with E-state index in [-0.39, 0.29) is 12.1 Å². The zero-order chi connectivity index (χ0) is 14.6. The lowest BCUT2D eigenvalue weighted by Gasteiger charge is -2.20. The highest BCUT2D eigenvalue weighted by atomic mass is 19.4. The minimum Gasteiger partial charge on any atom is -0.378 e. The molecule has 0 bridgehead atoms. The third-order valence-electron chi connectivity index (χ3n) is 3.77. The Morgan fingerprint density at radius 3 is 2.80 bits per heavy atom. The van der Waals surface area contributed by atoms with Gasteiger partial charge in [0.25, 0.3) is 0 Å². The van der Waals surface area contributed by atoms with Crippen LogP contribution in [0.1, 0.15) is 42.9 Å². The molecule has 1 aromatic carbocycles. The molecule has 0 spiro atoms. The second kappa shape index (κ2) is 6.59. The van der Waals surface area contributed by atoms with Gasteiger partial charge in [-0.1, -0.05) is 12.1 Å². The van der Waals surface area contributed by atoms with Crippen molar-refractivity contribution in [1.29, 1.82) is 0 Å². The molecule has 112 valence electrons. The van der Waals surface area contributed by atoms with Crippen LogP contribution in [0.2, 0.25) is 0 Å². The van der Waals surface area contributed by atoms with E-state index < -0.39 is 11.7 Å². The Morgan fingerprint density at radius 2 is 2.20 bits per heavy atom. The Hall–Kier alpha value is -1.07. The quantitative estimate of drug-likeness (QED) is 0.886. The smallest absolute Gasteiger partial charge is 0.378 e. The number of rotatable bonds is 5. The second-order valence-corrected chi connectivity index (χ2v) is 5.18. The summed E-state index contributed by atoms with van der Waals surface area (Å²) in [5.74, 6) is 0. The fraction of sp³-hybridized carbons (Fsp3) is 0.600. The summed E-state index contributed by atoms with van der Waals surface area (Å²) in [5.41, 5.74) is 0.0905. The van der Waals surface area contributed by atoms with E-state index in [1.54, 1.807) is 13.1 Å². The van der Waals surface area contributed by atoms with E-state index in [9.17, 15) is 13.2 Å². The standard InChI is InChI=1S/C15H20F3NO/c1-19-14(8-7-13-6-3-9-20-13)11-4-2-5-12(10-11)15(16,17)18/h2,4-5,10,13-14,19H,3,6-9H2,1H3. The number of alkyl halides is 3. The lowest BCUT2D eigenvalue weighted by molar-refractivity contribution is -0.137. The molecule has 2 nitrogen and oxygen atoms in total. The number of benzene rings is 1. The van der Waals surface area contributed by atoms with Gasteiger partial charge in [0.05, 0.1) is 11.7 Å². The number of hydrogen-bond acceptors (Lipinski definition) is 2. The molecule has 1 saturated heterocycles. The molecule has 0 aromatic heterocycles. The first kappa shape index (κ1) is 15.3. The van der Waals surface area contributed by atoms with Crippen LogP contribution in [-0.4, -0.2) is 19.8 Å². The van der Waals surface area contributed by atoms with Crippen LogP contribution in [0.3, 0.4) is 0 Å². The summed E-state index contributed by atoms with van der Waals surface area (Å²) in [5, 5.41) is 3.10. The molecular weight excluding hydrogens is 267 g/mol. The average Bonchev–Trinajstić information content (AvgIpc) is 2.92. The molecule has 1 aromatic rings. The minimum atomic E-state index is -4.29. The van der Waals surface area contributed by atoms with Gasteiger partial charge in [-0.2, -0.15) is 13.2 Å². The Labute approximate surface area is 117 Å². The first-order valence-electron chi connectivity index (χ1n) is 6.96. The molecule has 0 aliphatic carbocycles. The Bertz CT molecular complexity index is 427. The van der Waals surface area contributed by atoms with Crippen LogP contribution in [0.15, 0.2) is 24.3 Å². The third kappa shape index (κ3) is 3.96. The minimum absolute atomic E-state index is 0.0681. The molecule has 2 unspecified atom stereocenters. The molecule has 0 radical (unpaired) electrons. The highest BCUT2D eigenvalue weighted by Crippen LogP contribution is 2.32. The normalized spacial score (nSPS) is 21.1. The maximum Gasteiger partial charge on any atom is 0.416 e. The van der Waals surface area contributed by atoms with Gasteiger partial charge >= 0.3 is 6.18 Å². The average molecular weight is 287 g/mol. The molecule has 1 heterocycles. The molecule has 0 saturated carbocycles. The molecule has 1 N–H and O–H groups in total. The fourth-order valence-corrected chi connectivity index (χ4v) is 2.63. The van der Waals surface area contributed by atoms with E-state index in [4.69, 9.17) is 4.74 Å². The van der Waals surface area contributed by atoms with Crippen LogP contribution >= 0.6 is 0 Å². The maximum absolute atomic E-state index is 12.7. The fourth-order valence-electron chi connectivity index (χ4n) is 2.63. The predicted molar refractivity (Wildman–Crippen MR) is 71.5 cm³/mol. The van der Waals surface area contributed by atoms with Gasteiger partial charge < -0.3 is 10.1 Å². The summed E-state index contributed by atoms with van der Waals surface area (Å²) >= 11 is 0. The maximum atomic E-state index is 12.7. The van der Waals surface area contributed by atoms with Crippen molar-refractivity contribution in [3.63, 3.8) is 0 Å². The van der Waals surface area contributed by atoms with E-state index in [0.29, 0.717) is 5.56 Å². The summed E-state index contributed by atoms with van der Waals surface area (Å²) in [4.78, 5) is 0. The SMILES string of the molecule is CNC(CCC1CCCO1)c1cccc(C(F)(F)F)c1. The predicted octanol–water partition coefficient (Wildman–Crippen LogP) is 3.93. The Balaban J connectivity index is 2.02. The zero-order valence-corrected chi connectivity index (χ0v) is 11.5. The number of halogens is 3. The van der Waals surface area contributed by atoms with Crippen molar-refractivity contribution in [3.05, 3.63) is 35.4 Å².